The molecule has 2 amide bonds. The Bertz CT molecular complexity index is 1930. The van der Waals surface area contributed by atoms with Crippen molar-refractivity contribution in [3.63, 3.8) is 0 Å². The summed E-state index contributed by atoms with van der Waals surface area (Å²) in [5.74, 6) is -2.77. The van der Waals surface area contributed by atoms with Gasteiger partial charge >= 0.3 is 12.1 Å². The number of carbonyl (C=O) groups is 3. The number of alkyl halides is 3. The van der Waals surface area contributed by atoms with Crippen LogP contribution in [0.25, 0.3) is 10.9 Å². The fourth-order valence-corrected chi connectivity index (χ4v) is 5.93. The van der Waals surface area contributed by atoms with Crippen LogP contribution >= 0.6 is 0 Å². The number of phenols is 1. The second kappa shape index (κ2) is 17.3. The molecule has 5 rings (SSSR count). The van der Waals surface area contributed by atoms with Gasteiger partial charge in [-0.2, -0.15) is 13.2 Å². The summed E-state index contributed by atoms with van der Waals surface area (Å²) in [6.45, 7) is 2.29. The number of hydrogen-bond donors (Lipinski definition) is 6. The molecule has 0 bridgehead atoms. The standard InChI is InChI=1S/C37H40F3N5O7/c38-37(39,40)36(51)52-27-13-17-45(18-14-27)19-15-32(48)42-21-24-2-1-3-25(20-24)35(50)43-26-6-4-23(5-7-26)12-16-41-22-31(47)28-8-10-30(46)34-29(28)9-11-33(49)44-34/h1-11,20,27,31,41,46-47H,12-19,21-22H2,(H,42,48)(H,43,50)(H,44,49)/t31-/m0/s1. The van der Waals surface area contributed by atoms with Crippen LogP contribution in [0.5, 0.6) is 5.75 Å². The van der Waals surface area contributed by atoms with Crippen molar-refractivity contribution in [1.29, 1.82) is 0 Å². The first-order valence-electron chi connectivity index (χ1n) is 16.9. The van der Waals surface area contributed by atoms with E-state index in [1.807, 2.05) is 17.0 Å². The summed E-state index contributed by atoms with van der Waals surface area (Å²) in [7, 11) is 0. The first kappa shape index (κ1) is 38.0. The Kier molecular flexibility index (Phi) is 12.6. The molecule has 0 aliphatic carbocycles. The molecule has 0 radical (unpaired) electrons. The van der Waals surface area contributed by atoms with Gasteiger partial charge in [0.05, 0.1) is 11.6 Å². The molecule has 2 heterocycles. The van der Waals surface area contributed by atoms with Gasteiger partial charge in [-0.3, -0.25) is 14.4 Å². The third-order valence-corrected chi connectivity index (χ3v) is 8.78. The number of aromatic nitrogens is 1. The first-order valence-corrected chi connectivity index (χ1v) is 16.9. The van der Waals surface area contributed by atoms with Crippen molar-refractivity contribution in [2.45, 2.75) is 50.6 Å². The van der Waals surface area contributed by atoms with Crippen molar-refractivity contribution in [2.75, 3.05) is 38.0 Å². The summed E-state index contributed by atoms with van der Waals surface area (Å²) in [6.07, 6.45) is -5.29. The molecule has 3 aromatic carbocycles. The minimum Gasteiger partial charge on any atom is -0.506 e. The van der Waals surface area contributed by atoms with E-state index in [1.165, 1.54) is 12.1 Å². The third-order valence-electron chi connectivity index (χ3n) is 8.78. The summed E-state index contributed by atoms with van der Waals surface area (Å²) in [5, 5.41) is 30.3. The zero-order valence-electron chi connectivity index (χ0n) is 28.2. The predicted octanol–water partition coefficient (Wildman–Crippen LogP) is 3.93. The van der Waals surface area contributed by atoms with Gasteiger partial charge in [0.15, 0.2) is 0 Å². The molecule has 1 aliphatic rings. The zero-order chi connectivity index (χ0) is 37.3. The van der Waals surface area contributed by atoms with Crippen LogP contribution in [0.4, 0.5) is 18.9 Å². The number of ether oxygens (including phenoxy) is 1. The number of aromatic amines is 1. The molecule has 0 unspecified atom stereocenters. The smallest absolute Gasteiger partial charge is 0.490 e. The molecule has 0 spiro atoms. The number of halogens is 3. The van der Waals surface area contributed by atoms with Crippen LogP contribution in [0.1, 0.15) is 52.4 Å². The summed E-state index contributed by atoms with van der Waals surface area (Å²) in [6, 6.07) is 20.3. The minimum atomic E-state index is -5.01. The quantitative estimate of drug-likeness (QED) is 0.0833. The van der Waals surface area contributed by atoms with Crippen LogP contribution in [0, 0.1) is 0 Å². The molecule has 1 fully saturated rings. The van der Waals surface area contributed by atoms with Gasteiger partial charge in [0.2, 0.25) is 11.5 Å². The monoisotopic (exact) mass is 723 g/mol. The second-order valence-electron chi connectivity index (χ2n) is 12.6. The maximum absolute atomic E-state index is 13.0. The van der Waals surface area contributed by atoms with Gasteiger partial charge in [0.25, 0.3) is 5.91 Å². The Morgan fingerprint density at radius 2 is 1.73 bits per heavy atom. The van der Waals surface area contributed by atoms with Gasteiger partial charge in [-0.15, -0.1) is 0 Å². The van der Waals surface area contributed by atoms with E-state index in [2.05, 4.69) is 25.7 Å². The van der Waals surface area contributed by atoms with E-state index in [0.29, 0.717) is 54.8 Å². The number of aliphatic hydroxyl groups is 1. The molecule has 12 nitrogen and oxygen atoms in total. The number of benzene rings is 3. The van der Waals surface area contributed by atoms with Crippen LogP contribution in [-0.4, -0.2) is 82.9 Å². The highest BCUT2D eigenvalue weighted by atomic mass is 19.4. The van der Waals surface area contributed by atoms with Crippen molar-refractivity contribution >= 4 is 34.4 Å². The van der Waals surface area contributed by atoms with Crippen LogP contribution < -0.4 is 21.5 Å². The van der Waals surface area contributed by atoms with E-state index in [4.69, 9.17) is 0 Å². The lowest BCUT2D eigenvalue weighted by molar-refractivity contribution is -0.206. The molecule has 6 N–H and O–H groups in total. The first-order chi connectivity index (χ1) is 24.9. The van der Waals surface area contributed by atoms with Gasteiger partial charge in [0, 0.05) is 61.8 Å². The van der Waals surface area contributed by atoms with E-state index in [0.717, 1.165) is 11.1 Å². The van der Waals surface area contributed by atoms with Crippen LogP contribution in [0.3, 0.4) is 0 Å². The Balaban J connectivity index is 1.00. The minimum absolute atomic E-state index is 0.0700. The maximum Gasteiger partial charge on any atom is 0.490 e. The number of aromatic hydroxyl groups is 1. The summed E-state index contributed by atoms with van der Waals surface area (Å²) < 4.78 is 41.7. The van der Waals surface area contributed by atoms with Crippen LogP contribution in [0.2, 0.25) is 0 Å². The Morgan fingerprint density at radius 1 is 0.981 bits per heavy atom. The number of nitrogens with one attached hydrogen (secondary N) is 4. The van der Waals surface area contributed by atoms with E-state index < -0.39 is 24.4 Å². The molecule has 52 heavy (non-hydrogen) atoms. The highest BCUT2D eigenvalue weighted by Crippen LogP contribution is 2.28. The summed E-state index contributed by atoms with van der Waals surface area (Å²) in [4.78, 5) is 52.6. The third kappa shape index (κ3) is 10.6. The topological polar surface area (TPSA) is 173 Å². The molecule has 276 valence electrons. The lowest BCUT2D eigenvalue weighted by Crippen LogP contribution is -2.41. The van der Waals surface area contributed by atoms with Crippen molar-refractivity contribution in [3.8, 4) is 5.75 Å². The molecular formula is C37H40F3N5O7. The largest absolute Gasteiger partial charge is 0.506 e. The van der Waals surface area contributed by atoms with Crippen molar-refractivity contribution in [2.24, 2.45) is 0 Å². The van der Waals surface area contributed by atoms with Gasteiger partial charge in [0.1, 0.15) is 11.9 Å². The molecule has 1 aliphatic heterocycles. The Hall–Kier alpha value is -5.25. The molecule has 0 saturated carbocycles. The number of fused-ring (bicyclic) bond motifs is 1. The van der Waals surface area contributed by atoms with Gasteiger partial charge in [-0.1, -0.05) is 30.3 Å². The maximum atomic E-state index is 13.0. The number of piperidine rings is 1. The molecule has 1 aromatic heterocycles. The number of anilines is 1. The van der Waals surface area contributed by atoms with Crippen LogP contribution in [-0.2, 0) is 27.3 Å². The number of aliphatic hydroxyl groups excluding tert-OH is 1. The number of pyridine rings is 1. The number of nitrogens with zero attached hydrogens (tertiary/aromatic N) is 1. The fourth-order valence-electron chi connectivity index (χ4n) is 5.93. The number of carbonyl (C=O) groups excluding carboxylic acids is 3. The van der Waals surface area contributed by atoms with E-state index in [-0.39, 0.29) is 61.0 Å². The number of amides is 2. The SMILES string of the molecule is O=C(CCN1CCC(OC(=O)C(F)(F)F)CC1)NCc1cccc(C(=O)Nc2ccc(CCNC[C@H](O)c3ccc(O)c4[nH]c(=O)ccc34)cc2)c1. The number of esters is 1. The van der Waals surface area contributed by atoms with Crippen molar-refractivity contribution in [3.05, 3.63) is 105 Å². The highest BCUT2D eigenvalue weighted by molar-refractivity contribution is 6.04. The zero-order valence-corrected chi connectivity index (χ0v) is 28.2. The predicted molar refractivity (Wildman–Crippen MR) is 187 cm³/mol. The number of phenolic OH excluding ortho intramolecular Hbond substituents is 1. The number of rotatable bonds is 14. The molecule has 1 saturated heterocycles. The van der Waals surface area contributed by atoms with E-state index in [9.17, 15) is 42.6 Å². The Morgan fingerprint density at radius 3 is 2.46 bits per heavy atom. The normalized spacial score (nSPS) is 14.5. The molecular weight excluding hydrogens is 683 g/mol. The summed E-state index contributed by atoms with van der Waals surface area (Å²) >= 11 is 0. The molecule has 4 aromatic rings. The van der Waals surface area contributed by atoms with Crippen molar-refractivity contribution < 1.29 is 42.5 Å². The average Bonchev–Trinajstić information content (AvgIpc) is 3.13. The van der Waals surface area contributed by atoms with Crippen molar-refractivity contribution in [1.82, 2.24) is 20.5 Å². The van der Waals surface area contributed by atoms with E-state index >= 15 is 0 Å². The highest BCUT2D eigenvalue weighted by Gasteiger charge is 2.42. The fraction of sp³-hybridized carbons (Fsp3) is 0.351. The molecule has 15 heteroatoms. The Labute approximate surface area is 297 Å². The second-order valence-corrected chi connectivity index (χ2v) is 12.6. The number of likely N-dealkylation sites (tertiary alicyclic amines) is 1. The number of hydrogen-bond acceptors (Lipinski definition) is 9. The average molecular weight is 724 g/mol. The number of H-pyrrole nitrogens is 1. The van der Waals surface area contributed by atoms with E-state index in [1.54, 1.807) is 48.5 Å². The van der Waals surface area contributed by atoms with Gasteiger partial charge in [-0.25, -0.2) is 4.79 Å². The van der Waals surface area contributed by atoms with Crippen LogP contribution in [0.15, 0.2) is 77.6 Å². The lowest BCUT2D eigenvalue weighted by atomic mass is 10.0. The summed E-state index contributed by atoms with van der Waals surface area (Å²) in [5.41, 5.74) is 3.28. The molecule has 1 atom stereocenters. The van der Waals surface area contributed by atoms with Gasteiger partial charge < -0.3 is 40.8 Å². The lowest BCUT2D eigenvalue weighted by Gasteiger charge is -2.31. The van der Waals surface area contributed by atoms with Gasteiger partial charge in [-0.05, 0) is 78.9 Å².